The van der Waals surface area contributed by atoms with Crippen LogP contribution in [0, 0.1) is 23.3 Å². The van der Waals surface area contributed by atoms with Crippen molar-refractivity contribution < 1.29 is 41.5 Å². The largest absolute Gasteiger partial charge is 0.763 e. The fourth-order valence-corrected chi connectivity index (χ4v) is 4.48. The van der Waals surface area contributed by atoms with Gasteiger partial charge in [0, 0.05) is 12.8 Å². The van der Waals surface area contributed by atoms with Gasteiger partial charge in [-0.2, -0.15) is 0 Å². The molecule has 0 atom stereocenters. The summed E-state index contributed by atoms with van der Waals surface area (Å²) in [4.78, 5) is 26.0. The highest BCUT2D eigenvalue weighted by molar-refractivity contribution is 6.37. The van der Waals surface area contributed by atoms with Gasteiger partial charge in [-0.3, -0.25) is 5.87 Å². The Hall–Kier alpha value is -2.71. The van der Waals surface area contributed by atoms with Gasteiger partial charge in [0.25, 0.3) is 5.79 Å². The average Bonchev–Trinajstić information content (AvgIpc) is 2.75. The smallest absolute Gasteiger partial charge is 0.349 e. The molecule has 1 N–H and O–H groups in total. The van der Waals surface area contributed by atoms with Crippen molar-refractivity contribution in [3.63, 3.8) is 0 Å². The van der Waals surface area contributed by atoms with E-state index < -0.39 is 57.0 Å². The predicted octanol–water partition coefficient (Wildman–Crippen LogP) is 1.77. The van der Waals surface area contributed by atoms with Gasteiger partial charge in [0.2, 0.25) is 0 Å². The van der Waals surface area contributed by atoms with Crippen LogP contribution in [-0.4, -0.2) is 42.2 Å². The molecule has 1 spiro atoms. The lowest BCUT2D eigenvalue weighted by atomic mass is 9.93. The van der Waals surface area contributed by atoms with Crippen LogP contribution in [0.3, 0.4) is 0 Å². The summed E-state index contributed by atoms with van der Waals surface area (Å²) in [7, 11) is 0. The summed E-state index contributed by atoms with van der Waals surface area (Å²) >= 11 is 0. The lowest BCUT2D eigenvalue weighted by molar-refractivity contribution is -0.940. The van der Waals surface area contributed by atoms with E-state index in [-0.39, 0.29) is 12.8 Å². The number of quaternary nitrogens is 1. The summed E-state index contributed by atoms with van der Waals surface area (Å²) in [5.74, 6) is -11.5. The Morgan fingerprint density at radius 2 is 1.32 bits per heavy atom. The molecule has 3 rings (SSSR count). The van der Waals surface area contributed by atoms with Crippen molar-refractivity contribution in [3.05, 3.63) is 39.1 Å². The van der Waals surface area contributed by atoms with Crippen LogP contribution in [0.5, 0.6) is 0 Å². The fraction of sp³-hybridized carbons (Fsp3) is 0.583. The minimum Gasteiger partial charge on any atom is -0.763 e. The molecule has 1 saturated heterocycles. The first-order chi connectivity index (χ1) is 15.9. The normalized spacial score (nSPS) is 17.5. The van der Waals surface area contributed by atoms with E-state index >= 15 is 0 Å². The van der Waals surface area contributed by atoms with Crippen molar-refractivity contribution >= 4 is 23.4 Å². The molecule has 0 aromatic heterocycles. The molecule has 1 aromatic rings. The Labute approximate surface area is 195 Å². The molecular formula is C24H30F4N2O4. The minimum absolute atomic E-state index is 0.221. The third-order valence-corrected chi connectivity index (χ3v) is 6.10. The molecule has 6 nitrogen and oxygen atoms in total. The van der Waals surface area contributed by atoms with Gasteiger partial charge in [0.1, 0.15) is 0 Å². The van der Waals surface area contributed by atoms with Gasteiger partial charge in [-0.15, -0.1) is 0 Å². The van der Waals surface area contributed by atoms with Gasteiger partial charge < -0.3 is 19.8 Å². The summed E-state index contributed by atoms with van der Waals surface area (Å²) in [5.41, 5.74) is -1.28. The number of carbonyl (C=O) groups excluding carboxylic acids is 2. The quantitative estimate of drug-likeness (QED) is 0.306. The lowest BCUT2D eigenvalue weighted by Gasteiger charge is -2.38. The maximum atomic E-state index is 14.1. The lowest BCUT2D eigenvalue weighted by Crippen LogP contribution is -3.17. The molecule has 2 fully saturated rings. The standard InChI is InChI=1S/C16H10F4NO4.C8H19N/c17-10-7(6-21)11(18)13(20)8(12(10)19)9-14(22)24-16(25-15(9)23)4-2-1-3-5-16;1-6-9(7(2)3)8(4)5/h1-5H2;7-8H,6H2,1-5H3/q-1;/p+1. The van der Waals surface area contributed by atoms with Crippen LogP contribution < -0.4 is 15.3 Å². The SMILES string of the molecule is CC[NH+](C(C)C)C(C)C.[N-]=C=c1c(F)c(F)c(=C2C(=O)OC3(CCCCC3)OC2=O)c(F)c1F. The van der Waals surface area contributed by atoms with E-state index in [0.717, 1.165) is 24.4 Å². The van der Waals surface area contributed by atoms with E-state index in [1.54, 1.807) is 4.90 Å². The second kappa shape index (κ2) is 11.1. The molecule has 34 heavy (non-hydrogen) atoms. The van der Waals surface area contributed by atoms with E-state index in [1.807, 2.05) is 0 Å². The molecule has 1 heterocycles. The number of nitrogens with zero attached hydrogens (tertiary/aromatic N) is 1. The highest BCUT2D eigenvalue weighted by Crippen LogP contribution is 2.37. The Bertz CT molecular complexity index is 1030. The summed E-state index contributed by atoms with van der Waals surface area (Å²) in [6.45, 7) is 12.6. The van der Waals surface area contributed by atoms with Gasteiger partial charge in [0.15, 0.2) is 28.8 Å². The maximum absolute atomic E-state index is 14.1. The molecule has 0 radical (unpaired) electrons. The Kier molecular flexibility index (Phi) is 9.02. The molecule has 0 unspecified atom stereocenters. The van der Waals surface area contributed by atoms with Crippen LogP contribution in [0.15, 0.2) is 0 Å². The number of ether oxygens (including phenoxy) is 2. The molecule has 1 aromatic carbocycles. The van der Waals surface area contributed by atoms with E-state index in [4.69, 9.17) is 14.9 Å². The fourth-order valence-electron chi connectivity index (χ4n) is 4.48. The highest BCUT2D eigenvalue weighted by atomic mass is 19.2. The van der Waals surface area contributed by atoms with E-state index in [2.05, 4.69) is 34.6 Å². The molecule has 1 aliphatic heterocycles. The van der Waals surface area contributed by atoms with Crippen molar-refractivity contribution in [1.82, 2.24) is 0 Å². The monoisotopic (exact) mass is 486 g/mol. The number of carbonyl (C=O) groups is 2. The van der Waals surface area contributed by atoms with Crippen LogP contribution in [0.25, 0.3) is 11.0 Å². The minimum atomic E-state index is -2.04. The van der Waals surface area contributed by atoms with Crippen molar-refractivity contribution in [3.8, 4) is 0 Å². The number of hydrogen-bond acceptors (Lipinski definition) is 4. The summed E-state index contributed by atoms with van der Waals surface area (Å²) in [6, 6.07) is 1.55. The number of benzene rings is 1. The van der Waals surface area contributed by atoms with Gasteiger partial charge in [0.05, 0.1) is 29.1 Å². The van der Waals surface area contributed by atoms with Crippen LogP contribution >= 0.6 is 0 Å². The zero-order valence-electron chi connectivity index (χ0n) is 20.0. The molecule has 0 amide bonds. The number of hydrogen-bond donors (Lipinski definition) is 1. The van der Waals surface area contributed by atoms with Crippen LogP contribution in [-0.2, 0) is 19.1 Å². The Balaban J connectivity index is 0.000000387. The number of rotatable bonds is 3. The van der Waals surface area contributed by atoms with Gasteiger partial charge in [-0.25, -0.2) is 27.2 Å². The number of esters is 2. The topological polar surface area (TPSA) is 79.3 Å². The van der Waals surface area contributed by atoms with Crippen LogP contribution in [0.2, 0.25) is 0 Å². The molecular weight excluding hydrogens is 456 g/mol. The first-order valence-corrected chi connectivity index (χ1v) is 11.4. The molecule has 188 valence electrons. The number of nitrogens with one attached hydrogen (secondary N) is 1. The third kappa shape index (κ3) is 5.50. The van der Waals surface area contributed by atoms with Crippen LogP contribution in [0.1, 0.15) is 66.7 Å². The first-order valence-electron chi connectivity index (χ1n) is 11.4. The second-order valence-electron chi connectivity index (χ2n) is 8.98. The Morgan fingerprint density at radius 3 is 1.65 bits per heavy atom. The number of halogens is 4. The predicted molar refractivity (Wildman–Crippen MR) is 116 cm³/mol. The maximum Gasteiger partial charge on any atom is 0.349 e. The molecule has 0 bridgehead atoms. The second-order valence-corrected chi connectivity index (χ2v) is 8.98. The van der Waals surface area contributed by atoms with E-state index in [9.17, 15) is 27.2 Å². The van der Waals surface area contributed by atoms with E-state index in [1.165, 1.54) is 6.54 Å². The highest BCUT2D eigenvalue weighted by Gasteiger charge is 2.47. The summed E-state index contributed by atoms with van der Waals surface area (Å²) < 4.78 is 65.7. The molecule has 10 heteroatoms. The van der Waals surface area contributed by atoms with E-state index in [0.29, 0.717) is 12.8 Å². The van der Waals surface area contributed by atoms with Crippen molar-refractivity contribution in [1.29, 1.82) is 0 Å². The molecule has 1 aliphatic carbocycles. The first kappa shape index (κ1) is 27.5. The zero-order valence-corrected chi connectivity index (χ0v) is 20.0. The summed E-state index contributed by atoms with van der Waals surface area (Å²) in [5, 5.41) is 5.52. The zero-order chi connectivity index (χ0) is 25.8. The third-order valence-electron chi connectivity index (χ3n) is 6.10. The molecule has 1 saturated carbocycles. The van der Waals surface area contributed by atoms with Gasteiger partial charge >= 0.3 is 11.9 Å². The summed E-state index contributed by atoms with van der Waals surface area (Å²) in [6.07, 6.45) is 2.50. The van der Waals surface area contributed by atoms with Crippen LogP contribution in [0.4, 0.5) is 17.6 Å². The van der Waals surface area contributed by atoms with Gasteiger partial charge in [-0.1, -0.05) is 6.42 Å². The van der Waals surface area contributed by atoms with Crippen molar-refractivity contribution in [2.24, 2.45) is 0 Å². The molecule has 2 aliphatic rings. The van der Waals surface area contributed by atoms with Gasteiger partial charge in [-0.05, 0) is 47.5 Å². The van der Waals surface area contributed by atoms with Crippen molar-refractivity contribution in [2.75, 3.05) is 6.54 Å². The van der Waals surface area contributed by atoms with Crippen molar-refractivity contribution in [2.45, 2.75) is 84.6 Å². The average molecular weight is 487 g/mol. The Morgan fingerprint density at radius 1 is 0.882 bits per heavy atom.